The summed E-state index contributed by atoms with van der Waals surface area (Å²) in [7, 11) is 0. The van der Waals surface area contributed by atoms with Gasteiger partial charge < -0.3 is 21.3 Å². The minimum Gasteiger partial charge on any atom is -0.597 e. The second-order valence-electron chi connectivity index (χ2n) is 6.00. The Morgan fingerprint density at radius 1 is 0.929 bits per heavy atom. The number of unbranched alkanes of at least 4 members (excludes halogenated alkanes) is 4. The van der Waals surface area contributed by atoms with Gasteiger partial charge in [0, 0.05) is 6.42 Å². The maximum Gasteiger partial charge on any atom is 0.197 e. The highest BCUT2D eigenvalue weighted by atomic mass is 16.6. The molecule has 5 N–H and O–H groups in total. The van der Waals surface area contributed by atoms with Crippen molar-refractivity contribution in [2.45, 2.75) is 32.1 Å². The van der Waals surface area contributed by atoms with Crippen LogP contribution in [0.5, 0.6) is 5.75 Å². The Hall–Kier alpha value is -3.20. The van der Waals surface area contributed by atoms with Crippen LogP contribution in [0.4, 0.5) is 11.4 Å². The van der Waals surface area contributed by atoms with E-state index in [0.717, 1.165) is 31.4 Å². The zero-order valence-electron chi connectivity index (χ0n) is 16.1. The molecule has 0 radical (unpaired) electrons. The average Bonchev–Trinajstić information content (AvgIpc) is 2.72. The summed E-state index contributed by atoms with van der Waals surface area (Å²) in [4.78, 5) is 11.5. The van der Waals surface area contributed by atoms with Crippen LogP contribution >= 0.6 is 0 Å². The molecule has 0 saturated carbocycles. The van der Waals surface area contributed by atoms with E-state index in [1.807, 2.05) is 42.5 Å². The van der Waals surface area contributed by atoms with Gasteiger partial charge in [-0.3, -0.25) is 0 Å². The van der Waals surface area contributed by atoms with Crippen molar-refractivity contribution in [1.29, 1.82) is 0 Å². The molecule has 28 heavy (non-hydrogen) atoms. The highest BCUT2D eigenvalue weighted by Crippen LogP contribution is 2.27. The molecule has 0 heterocycles. The van der Waals surface area contributed by atoms with Crippen molar-refractivity contribution in [3.63, 3.8) is 0 Å². The maximum atomic E-state index is 11.2. The molecule has 0 aliphatic carbocycles. The summed E-state index contributed by atoms with van der Waals surface area (Å²) < 4.78 is 5.71. The van der Waals surface area contributed by atoms with Crippen LogP contribution in [0.1, 0.15) is 32.1 Å². The Kier molecular flexibility index (Phi) is 10.6. The SMILES string of the molecule is O=NN(c1ccccc1)c1ccc(OCCCCCCC/[N+]([O-])=N/O)cc1.[NH4+]. The van der Waals surface area contributed by atoms with E-state index >= 15 is 0 Å². The van der Waals surface area contributed by atoms with Crippen LogP contribution in [0.15, 0.2) is 65.2 Å². The molecule has 0 atom stereocenters. The van der Waals surface area contributed by atoms with Crippen LogP contribution in [0, 0.1) is 10.1 Å². The number of hydroxylamine groups is 1. The van der Waals surface area contributed by atoms with Crippen LogP contribution in [-0.4, -0.2) is 23.2 Å². The van der Waals surface area contributed by atoms with E-state index < -0.39 is 0 Å². The molecule has 0 amide bonds. The first kappa shape index (κ1) is 22.8. The summed E-state index contributed by atoms with van der Waals surface area (Å²) in [5.41, 5.74) is 1.37. The van der Waals surface area contributed by atoms with E-state index in [1.54, 1.807) is 12.1 Å². The Labute approximate surface area is 164 Å². The summed E-state index contributed by atoms with van der Waals surface area (Å²) in [6.45, 7) is 0.822. The third-order valence-electron chi connectivity index (χ3n) is 4.03. The lowest BCUT2D eigenvalue weighted by Crippen LogP contribution is -2.07. The number of rotatable bonds is 12. The second kappa shape index (κ2) is 13.0. The lowest BCUT2D eigenvalue weighted by atomic mass is 10.1. The number of nitrogens with zero attached hydrogens (tertiary/aromatic N) is 4. The third kappa shape index (κ3) is 7.58. The molecule has 0 aliphatic rings. The molecule has 0 bridgehead atoms. The normalized spacial score (nSPS) is 10.8. The van der Waals surface area contributed by atoms with Gasteiger partial charge >= 0.3 is 0 Å². The highest BCUT2D eigenvalue weighted by molar-refractivity contribution is 5.62. The van der Waals surface area contributed by atoms with Crippen LogP contribution < -0.4 is 15.9 Å². The van der Waals surface area contributed by atoms with Crippen LogP contribution in [0.2, 0.25) is 0 Å². The number of hydrogen-bond donors (Lipinski definition) is 2. The fraction of sp³-hybridized carbons (Fsp3) is 0.368. The van der Waals surface area contributed by atoms with E-state index in [9.17, 15) is 10.1 Å². The number of quaternary nitrogens is 1. The van der Waals surface area contributed by atoms with Crippen molar-refractivity contribution in [3.05, 3.63) is 64.7 Å². The topological polar surface area (TPSA) is 137 Å². The number of benzene rings is 2. The maximum absolute atomic E-state index is 11.2. The number of hydrogen-bond acceptors (Lipinski definition) is 5. The van der Waals surface area contributed by atoms with Gasteiger partial charge in [0.15, 0.2) is 11.8 Å². The van der Waals surface area contributed by atoms with E-state index in [0.29, 0.717) is 24.4 Å². The minimum atomic E-state index is 0. The first-order chi connectivity index (χ1) is 13.2. The lowest BCUT2D eigenvalue weighted by molar-refractivity contribution is -0.556. The van der Waals surface area contributed by atoms with E-state index in [4.69, 9.17) is 9.94 Å². The Morgan fingerprint density at radius 3 is 2.18 bits per heavy atom. The van der Waals surface area contributed by atoms with Crippen LogP contribution in [0.3, 0.4) is 0 Å². The molecule has 0 fully saturated rings. The molecule has 2 aromatic rings. The minimum absolute atomic E-state index is 0. The van der Waals surface area contributed by atoms with Gasteiger partial charge in [0.1, 0.15) is 5.75 Å². The van der Waals surface area contributed by atoms with Gasteiger partial charge in [0.25, 0.3) is 0 Å². The summed E-state index contributed by atoms with van der Waals surface area (Å²) in [6, 6.07) is 16.4. The largest absolute Gasteiger partial charge is 0.597 e. The zero-order chi connectivity index (χ0) is 19.3. The van der Waals surface area contributed by atoms with E-state index in [1.165, 1.54) is 5.01 Å². The molecule has 0 spiro atoms. The summed E-state index contributed by atoms with van der Waals surface area (Å²) in [5.74, 6) is 0.740. The van der Waals surface area contributed by atoms with Crippen molar-refractivity contribution in [2.24, 2.45) is 10.6 Å². The summed E-state index contributed by atoms with van der Waals surface area (Å²) >= 11 is 0. The monoisotopic (exact) mass is 390 g/mol. The standard InChI is InChI=1S/C19H24N4O4.H3N/c24-20-22(26)15-7-2-1-3-8-16-27-19-13-11-18(12-14-19)23(21-25)17-9-5-4-6-10-17;/h4-6,9-14,24H,1-3,7-8,15-16H2;1H3/p+1/b22-20-;. The fourth-order valence-electron chi connectivity index (χ4n) is 2.61. The van der Waals surface area contributed by atoms with Gasteiger partial charge in [-0.15, -0.1) is 4.91 Å². The molecule has 9 nitrogen and oxygen atoms in total. The van der Waals surface area contributed by atoms with Crippen molar-refractivity contribution in [2.75, 3.05) is 18.2 Å². The van der Waals surface area contributed by atoms with E-state index in [2.05, 4.69) is 10.6 Å². The molecular weight excluding hydrogens is 362 g/mol. The van der Waals surface area contributed by atoms with E-state index in [-0.39, 0.29) is 17.6 Å². The lowest BCUT2D eigenvalue weighted by Gasteiger charge is -2.15. The molecule has 0 unspecified atom stereocenters. The molecule has 9 heteroatoms. The predicted molar refractivity (Wildman–Crippen MR) is 108 cm³/mol. The first-order valence-electron chi connectivity index (χ1n) is 8.95. The highest BCUT2D eigenvalue weighted by Gasteiger charge is 2.09. The van der Waals surface area contributed by atoms with Gasteiger partial charge in [-0.25, -0.2) is 0 Å². The number of anilines is 2. The van der Waals surface area contributed by atoms with Crippen molar-refractivity contribution < 1.29 is 14.8 Å². The molecule has 0 aliphatic heterocycles. The zero-order valence-corrected chi connectivity index (χ0v) is 16.1. The number of para-hydroxylation sites is 1. The van der Waals surface area contributed by atoms with Gasteiger partial charge in [-0.2, -0.15) is 5.01 Å². The smallest absolute Gasteiger partial charge is 0.197 e. The first-order valence-corrected chi connectivity index (χ1v) is 8.95. The van der Waals surface area contributed by atoms with Gasteiger partial charge in [0.05, 0.1) is 23.3 Å². The average molecular weight is 390 g/mol. The van der Waals surface area contributed by atoms with Crippen molar-refractivity contribution in [3.8, 4) is 5.75 Å². The number of ether oxygens (including phenoxy) is 1. The predicted octanol–water partition coefficient (Wildman–Crippen LogP) is 5.56. The summed E-state index contributed by atoms with van der Waals surface area (Å²) in [5, 5.41) is 25.9. The van der Waals surface area contributed by atoms with Gasteiger partial charge in [0.2, 0.25) is 0 Å². The van der Waals surface area contributed by atoms with Crippen molar-refractivity contribution >= 4 is 11.4 Å². The fourth-order valence-corrected chi connectivity index (χ4v) is 2.61. The molecule has 152 valence electrons. The van der Waals surface area contributed by atoms with Crippen molar-refractivity contribution in [1.82, 2.24) is 6.15 Å². The molecule has 0 aromatic heterocycles. The number of nitroso groups, excluding NO2 is 1. The quantitative estimate of drug-likeness (QED) is 0.161. The molecular formula is C19H28N5O4+. The Morgan fingerprint density at radius 2 is 1.54 bits per heavy atom. The molecule has 2 rings (SSSR count). The summed E-state index contributed by atoms with van der Waals surface area (Å²) in [6.07, 6.45) is 4.54. The Bertz CT molecular complexity index is 710. The third-order valence-corrected chi connectivity index (χ3v) is 4.03. The van der Waals surface area contributed by atoms with Crippen LogP contribution in [0.25, 0.3) is 0 Å². The molecule has 0 saturated heterocycles. The second-order valence-corrected chi connectivity index (χ2v) is 6.00. The Balaban J connectivity index is 0.00000392. The van der Waals surface area contributed by atoms with Gasteiger partial charge in [-0.1, -0.05) is 35.9 Å². The van der Waals surface area contributed by atoms with Gasteiger partial charge in [-0.05, 0) is 49.2 Å². The van der Waals surface area contributed by atoms with Crippen LogP contribution in [-0.2, 0) is 0 Å². The molecule has 2 aromatic carbocycles.